The second-order valence-corrected chi connectivity index (χ2v) is 29.5. The van der Waals surface area contributed by atoms with E-state index in [1.165, 1.54) is 39.5 Å². The van der Waals surface area contributed by atoms with Crippen molar-refractivity contribution in [3.63, 3.8) is 0 Å². The Hall–Kier alpha value is -8.92. The van der Waals surface area contributed by atoms with Gasteiger partial charge in [-0.3, -0.25) is 70.2 Å². The summed E-state index contributed by atoms with van der Waals surface area (Å²) in [6.45, 7) is 6.38. The van der Waals surface area contributed by atoms with Crippen LogP contribution in [-0.4, -0.2) is 156 Å². The third-order valence-electron chi connectivity index (χ3n) is 17.3. The summed E-state index contributed by atoms with van der Waals surface area (Å²) in [5, 5.41) is 29.1. The van der Waals surface area contributed by atoms with Crippen molar-refractivity contribution < 1.29 is 73.7 Å². The molecule has 3 unspecified atom stereocenters. The molecule has 0 spiro atoms. The zero-order valence-corrected chi connectivity index (χ0v) is 60.8. The van der Waals surface area contributed by atoms with Crippen molar-refractivity contribution >= 4 is 58.4 Å². The molecule has 7 N–H and O–H groups in total. The lowest BCUT2D eigenvalue weighted by Gasteiger charge is -2.37. The molecule has 11 rings (SSSR count). The van der Waals surface area contributed by atoms with E-state index in [1.807, 2.05) is 99.1 Å². The standard InChI is InChI=1S/C66H79N16O20P3/c1-39(2)82(40(3)4)103(92-27-11-24-67)100-47-30-53(79-33-41(5)60(83)78-65(79)86)98-51(47)35-95-104(87,93-28-12-25-68)102-49-32-55(81-38-73-57-59(81)75-64(71)77-62(57)85)99-52(49)36-96-105(88,94-29-13-26-69)101-48-31-54(80-37-72-56-58(80)74-63(70)76-61(56)84)97-50(48)34-91-66(42-14-9-8-10-15-42,43-16-20-45(89-6)21-17-43)44-18-22-46(90-7)23-19-44/h8-10,14-23,33,37-40,47-55H,11-13,27-32,34-36H2,1-7H3,(H,78,83,86)(H3,70,74,76,84)(H3,71,75,77,85)/t47-,48-,49-,50+,51+,52+,53+,54+,55+,103?,104?,105?/m0/s1. The Kier molecular flexibility index (Phi) is 25.1. The molecule has 0 bridgehead atoms. The summed E-state index contributed by atoms with van der Waals surface area (Å²) < 4.78 is 126. The van der Waals surface area contributed by atoms with Crippen LogP contribution in [0.25, 0.3) is 22.3 Å². The smallest absolute Gasteiger partial charge is 0.475 e. The van der Waals surface area contributed by atoms with Crippen LogP contribution in [0.15, 0.2) is 117 Å². The number of nitriles is 3. The third-order valence-corrected chi connectivity index (χ3v) is 22.4. The minimum Gasteiger partial charge on any atom is -0.497 e. The number of imidazole rings is 2. The number of aromatic amines is 3. The van der Waals surface area contributed by atoms with Gasteiger partial charge in [0.2, 0.25) is 11.9 Å². The van der Waals surface area contributed by atoms with Gasteiger partial charge in [0.15, 0.2) is 22.3 Å². The van der Waals surface area contributed by atoms with Gasteiger partial charge in [-0.25, -0.2) is 28.6 Å². The molecular weight excluding hydrogens is 1430 g/mol. The summed E-state index contributed by atoms with van der Waals surface area (Å²) >= 11 is 0. The number of rotatable bonds is 35. The quantitative estimate of drug-likeness (QED) is 0.0144. The molecule has 36 nitrogen and oxygen atoms in total. The van der Waals surface area contributed by atoms with Crippen LogP contribution in [0.3, 0.4) is 0 Å². The number of nitrogens with one attached hydrogen (secondary N) is 3. The van der Waals surface area contributed by atoms with Crippen LogP contribution >= 0.6 is 24.2 Å². The van der Waals surface area contributed by atoms with Gasteiger partial charge in [0.05, 0.1) is 110 Å². The van der Waals surface area contributed by atoms with Crippen molar-refractivity contribution in [1.82, 2.24) is 53.3 Å². The van der Waals surface area contributed by atoms with Gasteiger partial charge in [-0.05, 0) is 75.6 Å². The number of H-pyrrole nitrogens is 3. The van der Waals surface area contributed by atoms with Crippen LogP contribution in [-0.2, 0) is 69.9 Å². The van der Waals surface area contributed by atoms with E-state index in [2.05, 4.69) is 41.0 Å². The van der Waals surface area contributed by atoms with Crippen LogP contribution in [0, 0.1) is 40.9 Å². The molecule has 0 aliphatic carbocycles. The van der Waals surface area contributed by atoms with Crippen molar-refractivity contribution in [3.8, 4) is 29.7 Å². The summed E-state index contributed by atoms with van der Waals surface area (Å²) in [6, 6.07) is 29.6. The van der Waals surface area contributed by atoms with E-state index in [9.17, 15) is 35.0 Å². The van der Waals surface area contributed by atoms with Crippen molar-refractivity contribution in [3.05, 3.63) is 162 Å². The minimum atomic E-state index is -5.09. The lowest BCUT2D eigenvalue weighted by atomic mass is 9.80. The highest BCUT2D eigenvalue weighted by molar-refractivity contribution is 7.48. The summed E-state index contributed by atoms with van der Waals surface area (Å²) in [5.74, 6) is 0.622. The number of nitrogens with two attached hydrogens (primary N) is 2. The molecule has 3 aliphatic rings. The zero-order valence-electron chi connectivity index (χ0n) is 58.2. The van der Waals surface area contributed by atoms with E-state index in [4.69, 9.17) is 76.1 Å². The molecule has 558 valence electrons. The number of benzene rings is 3. The number of nitrogen functional groups attached to an aromatic ring is 2. The first-order valence-electron chi connectivity index (χ1n) is 33.4. The third kappa shape index (κ3) is 17.6. The SMILES string of the molecule is COc1ccc(C(OC[C@H]2O[C@@H](n3cnc4c(=O)[nH]c(N)nc43)C[C@@H]2OP(=O)(OCCC#N)OC[C@H]2O[C@@H](n3cnc4c(=O)[nH]c(N)nc43)C[C@@H]2OP(=O)(OCCC#N)OC[C@H]2O[C@@H](n3cc(C)c(=O)[nH]c3=O)C[C@@H]2OP(OCCC#N)N(C(C)C)C(C)C)(c2ccccc2)c2ccc(OC)cc2)cc1. The molecule has 3 fully saturated rings. The number of phosphoric ester groups is 2. The van der Waals surface area contributed by atoms with E-state index in [1.54, 1.807) is 38.5 Å². The Labute approximate surface area is 601 Å². The van der Waals surface area contributed by atoms with Gasteiger partial charge in [-0.15, -0.1) is 0 Å². The van der Waals surface area contributed by atoms with Gasteiger partial charge in [0.25, 0.3) is 25.2 Å². The number of ether oxygens (including phenoxy) is 6. The van der Waals surface area contributed by atoms with Gasteiger partial charge >= 0.3 is 21.3 Å². The highest BCUT2D eigenvalue weighted by Crippen LogP contribution is 2.58. The van der Waals surface area contributed by atoms with E-state index in [-0.39, 0.29) is 104 Å². The molecule has 3 aromatic carbocycles. The van der Waals surface area contributed by atoms with Crippen LogP contribution < -0.4 is 43.3 Å². The van der Waals surface area contributed by atoms with Gasteiger partial charge in [-0.1, -0.05) is 54.6 Å². The molecule has 0 saturated carbocycles. The lowest BCUT2D eigenvalue weighted by molar-refractivity contribution is -0.0948. The monoisotopic (exact) mass is 1510 g/mol. The van der Waals surface area contributed by atoms with E-state index < -0.39 is 134 Å². The van der Waals surface area contributed by atoms with Crippen LogP contribution in [0.1, 0.15) is 107 Å². The summed E-state index contributed by atoms with van der Waals surface area (Å²) in [5.41, 5.74) is 9.83. The molecule has 3 saturated heterocycles. The maximum atomic E-state index is 15.9. The molecule has 0 radical (unpaired) electrons. The summed E-state index contributed by atoms with van der Waals surface area (Å²) in [6.07, 6.45) is -8.53. The number of hydrogen-bond donors (Lipinski definition) is 5. The molecule has 8 aromatic rings. The fourth-order valence-corrected chi connectivity index (χ4v) is 17.0. The van der Waals surface area contributed by atoms with Crippen molar-refractivity contribution in [2.75, 3.05) is 65.3 Å². The molecule has 0 amide bonds. The van der Waals surface area contributed by atoms with E-state index in [0.717, 1.165) is 0 Å². The molecule has 12 atom stereocenters. The Balaban J connectivity index is 0.941. The van der Waals surface area contributed by atoms with Crippen LogP contribution in [0.5, 0.6) is 11.5 Å². The first-order chi connectivity index (χ1) is 50.5. The fourth-order valence-electron chi connectivity index (χ4n) is 12.5. The summed E-state index contributed by atoms with van der Waals surface area (Å²) in [4.78, 5) is 76.8. The minimum absolute atomic E-state index is 0.0105. The molecule has 105 heavy (non-hydrogen) atoms. The Morgan fingerprint density at radius 1 is 0.600 bits per heavy atom. The van der Waals surface area contributed by atoms with Crippen LogP contribution in [0.4, 0.5) is 11.9 Å². The van der Waals surface area contributed by atoms with Gasteiger partial charge < -0.3 is 48.9 Å². The molecule has 5 aromatic heterocycles. The lowest BCUT2D eigenvalue weighted by Crippen LogP contribution is -2.38. The van der Waals surface area contributed by atoms with Gasteiger partial charge in [0, 0.05) is 43.1 Å². The van der Waals surface area contributed by atoms with Crippen molar-refractivity contribution in [2.24, 2.45) is 0 Å². The second kappa shape index (κ2) is 34.1. The predicted molar refractivity (Wildman–Crippen MR) is 374 cm³/mol. The zero-order chi connectivity index (χ0) is 74.7. The number of aromatic nitrogens is 10. The largest absolute Gasteiger partial charge is 0.497 e. The molecule has 3 aliphatic heterocycles. The number of fused-ring (bicyclic) bond motifs is 2. The number of aryl methyl sites for hydroxylation is 1. The van der Waals surface area contributed by atoms with E-state index >= 15 is 9.13 Å². The number of hydrogen-bond acceptors (Lipinski definition) is 30. The van der Waals surface area contributed by atoms with Gasteiger partial charge in [-0.2, -0.15) is 25.8 Å². The normalized spacial score (nSPS) is 21.9. The number of nitrogens with zero attached hydrogens (tertiary/aromatic N) is 11. The predicted octanol–water partition coefficient (Wildman–Crippen LogP) is 7.71. The highest BCUT2D eigenvalue weighted by Gasteiger charge is 2.50. The Bertz CT molecular complexity index is 4750. The van der Waals surface area contributed by atoms with Crippen molar-refractivity contribution in [2.45, 2.75) is 146 Å². The topological polar surface area (TPSA) is 472 Å². The number of anilines is 2. The molecular formula is C66H79N16O20P3. The average molecular weight is 1510 g/mol. The average Bonchev–Trinajstić information content (AvgIpc) is 1.29. The second-order valence-electron chi connectivity index (χ2n) is 24.9. The summed E-state index contributed by atoms with van der Waals surface area (Å²) in [7, 11) is -9.04. The number of phosphoric acid groups is 2. The fraction of sp³-hybridized carbons (Fsp3) is 0.470. The maximum Gasteiger partial charge on any atom is 0.475 e. The first kappa shape index (κ1) is 77.2. The maximum absolute atomic E-state index is 15.9. The van der Waals surface area contributed by atoms with Crippen LogP contribution in [0.2, 0.25) is 0 Å². The molecule has 8 heterocycles. The van der Waals surface area contributed by atoms with Crippen molar-refractivity contribution in [1.29, 1.82) is 15.8 Å². The number of methoxy groups -OCH3 is 2. The van der Waals surface area contributed by atoms with Gasteiger partial charge in [0.1, 0.15) is 66.3 Å². The Morgan fingerprint density at radius 2 is 1.04 bits per heavy atom. The highest BCUT2D eigenvalue weighted by atomic mass is 31.2. The first-order valence-corrected chi connectivity index (χ1v) is 37.4. The molecule has 39 heteroatoms. The van der Waals surface area contributed by atoms with E-state index in [0.29, 0.717) is 28.2 Å². The Morgan fingerprint density at radius 3 is 1.50 bits per heavy atom.